The zero-order chi connectivity index (χ0) is 18.8. The van der Waals surface area contributed by atoms with Crippen LogP contribution in [0.5, 0.6) is 0 Å². The predicted molar refractivity (Wildman–Crippen MR) is 120 cm³/mol. The molecular weight excluding hydrogens is 455 g/mol. The Bertz CT molecular complexity index is 660. The largest absolute Gasteiger partial charge is 0.466 e. The lowest BCUT2D eigenvalue weighted by Crippen LogP contribution is -2.41. The molecule has 2 rings (SSSR count). The fourth-order valence-electron chi connectivity index (χ4n) is 2.58. The summed E-state index contributed by atoms with van der Waals surface area (Å²) in [5.41, 5.74) is 0.167. The van der Waals surface area contributed by atoms with E-state index in [1.165, 1.54) is 5.56 Å². The molecule has 0 amide bonds. The van der Waals surface area contributed by atoms with Crippen molar-refractivity contribution in [1.82, 2.24) is 15.5 Å². The van der Waals surface area contributed by atoms with Crippen LogP contribution in [0.15, 0.2) is 58.1 Å². The fraction of sp³-hybridized carbons (Fsp3) is 0.450. The second-order valence-electron chi connectivity index (χ2n) is 6.60. The van der Waals surface area contributed by atoms with Crippen LogP contribution in [0.4, 0.5) is 0 Å². The Labute approximate surface area is 179 Å². The Morgan fingerprint density at radius 1 is 1.19 bits per heavy atom. The summed E-state index contributed by atoms with van der Waals surface area (Å²) in [7, 11) is 2.10. The summed E-state index contributed by atoms with van der Waals surface area (Å²) in [6, 6.07) is 13.9. The maximum absolute atomic E-state index is 10.5. The molecule has 3 N–H and O–H groups in total. The van der Waals surface area contributed by atoms with Gasteiger partial charge in [-0.1, -0.05) is 30.3 Å². The molecule has 2 aromatic rings. The Morgan fingerprint density at radius 2 is 1.93 bits per heavy atom. The molecule has 0 aliphatic rings. The van der Waals surface area contributed by atoms with E-state index in [0.29, 0.717) is 11.7 Å². The molecule has 0 fully saturated rings. The SMILES string of the molecule is CCNC(=NCC(C)(O)c1ccco1)NCCN(C)Cc1ccccc1.I. The van der Waals surface area contributed by atoms with E-state index in [9.17, 15) is 5.11 Å². The van der Waals surface area contributed by atoms with Crippen LogP contribution in [-0.2, 0) is 12.1 Å². The van der Waals surface area contributed by atoms with Crippen LogP contribution < -0.4 is 10.6 Å². The molecule has 0 spiro atoms. The van der Waals surface area contributed by atoms with E-state index in [1.807, 2.05) is 13.0 Å². The second kappa shape index (κ2) is 12.0. The van der Waals surface area contributed by atoms with Gasteiger partial charge in [-0.3, -0.25) is 0 Å². The number of furan rings is 1. The van der Waals surface area contributed by atoms with Crippen LogP contribution in [0.1, 0.15) is 25.2 Å². The number of nitrogens with zero attached hydrogens (tertiary/aromatic N) is 2. The summed E-state index contributed by atoms with van der Waals surface area (Å²) in [4.78, 5) is 6.74. The minimum Gasteiger partial charge on any atom is -0.466 e. The lowest BCUT2D eigenvalue weighted by Gasteiger charge is -2.21. The van der Waals surface area contributed by atoms with Gasteiger partial charge in [0.2, 0.25) is 0 Å². The number of aliphatic imine (C=N–C) groups is 1. The number of hydrogen-bond donors (Lipinski definition) is 3. The van der Waals surface area contributed by atoms with Crippen molar-refractivity contribution >= 4 is 29.9 Å². The summed E-state index contributed by atoms with van der Waals surface area (Å²) in [5.74, 6) is 1.20. The van der Waals surface area contributed by atoms with Crippen molar-refractivity contribution in [3.05, 3.63) is 60.1 Å². The number of halogens is 1. The average Bonchev–Trinajstić information content (AvgIpc) is 3.16. The van der Waals surface area contributed by atoms with Crippen LogP contribution in [0.25, 0.3) is 0 Å². The first kappa shape index (κ1) is 23.5. The normalized spacial score (nSPS) is 13.7. The van der Waals surface area contributed by atoms with Gasteiger partial charge in [-0.15, -0.1) is 24.0 Å². The van der Waals surface area contributed by atoms with Gasteiger partial charge in [-0.05, 0) is 38.6 Å². The molecule has 0 aliphatic heterocycles. The maximum atomic E-state index is 10.5. The number of rotatable bonds is 9. The van der Waals surface area contributed by atoms with Crippen LogP contribution in [0.2, 0.25) is 0 Å². The molecule has 0 radical (unpaired) electrons. The van der Waals surface area contributed by atoms with Crippen LogP contribution in [-0.4, -0.2) is 49.2 Å². The third kappa shape index (κ3) is 8.32. The van der Waals surface area contributed by atoms with Gasteiger partial charge >= 0.3 is 0 Å². The molecular formula is C20H31IN4O2. The average molecular weight is 486 g/mol. The number of aliphatic hydroxyl groups is 1. The van der Waals surface area contributed by atoms with Gasteiger partial charge in [-0.25, -0.2) is 4.99 Å². The van der Waals surface area contributed by atoms with Crippen molar-refractivity contribution in [3.63, 3.8) is 0 Å². The minimum absolute atomic E-state index is 0. The van der Waals surface area contributed by atoms with Crippen LogP contribution in [0, 0.1) is 0 Å². The first-order valence-corrected chi connectivity index (χ1v) is 9.02. The van der Waals surface area contributed by atoms with Crippen molar-refractivity contribution < 1.29 is 9.52 Å². The van der Waals surface area contributed by atoms with E-state index in [4.69, 9.17) is 4.42 Å². The molecule has 0 saturated carbocycles. The van der Waals surface area contributed by atoms with E-state index in [-0.39, 0.29) is 30.5 Å². The lowest BCUT2D eigenvalue weighted by atomic mass is 10.0. The number of guanidine groups is 1. The molecule has 150 valence electrons. The zero-order valence-electron chi connectivity index (χ0n) is 16.3. The molecule has 1 unspecified atom stereocenters. The van der Waals surface area contributed by atoms with Gasteiger partial charge in [-0.2, -0.15) is 0 Å². The van der Waals surface area contributed by atoms with Gasteiger partial charge in [0.25, 0.3) is 0 Å². The summed E-state index contributed by atoms with van der Waals surface area (Å²) >= 11 is 0. The molecule has 1 aromatic heterocycles. The number of nitrogens with one attached hydrogen (secondary N) is 2. The van der Waals surface area contributed by atoms with Gasteiger partial charge in [0.15, 0.2) is 5.96 Å². The van der Waals surface area contributed by atoms with Gasteiger partial charge in [0.1, 0.15) is 11.4 Å². The topological polar surface area (TPSA) is 73.0 Å². The monoisotopic (exact) mass is 486 g/mol. The highest BCUT2D eigenvalue weighted by Crippen LogP contribution is 2.20. The van der Waals surface area contributed by atoms with Crippen molar-refractivity contribution in [3.8, 4) is 0 Å². The molecule has 1 atom stereocenters. The molecule has 0 saturated heterocycles. The second-order valence-corrected chi connectivity index (χ2v) is 6.60. The number of likely N-dealkylation sites (N-methyl/N-ethyl adjacent to an activating group) is 1. The van der Waals surface area contributed by atoms with E-state index < -0.39 is 5.60 Å². The lowest BCUT2D eigenvalue weighted by molar-refractivity contribution is 0.0437. The Balaban J connectivity index is 0.00000364. The standard InChI is InChI=1S/C20H30N4O2.HI/c1-4-21-19(23-16-20(2,25)18-11-8-14-26-18)22-12-13-24(3)15-17-9-6-5-7-10-17;/h5-11,14,25H,4,12-13,15-16H2,1-3H3,(H2,21,22,23);1H. The highest BCUT2D eigenvalue weighted by molar-refractivity contribution is 14.0. The maximum Gasteiger partial charge on any atom is 0.191 e. The highest BCUT2D eigenvalue weighted by atomic mass is 127. The molecule has 0 aliphatic carbocycles. The molecule has 27 heavy (non-hydrogen) atoms. The van der Waals surface area contributed by atoms with Gasteiger partial charge in [0, 0.05) is 26.2 Å². The minimum atomic E-state index is -1.13. The molecule has 1 aromatic carbocycles. The smallest absolute Gasteiger partial charge is 0.191 e. The van der Waals surface area contributed by atoms with Crippen molar-refractivity contribution in [2.45, 2.75) is 26.0 Å². The Hall–Kier alpha value is -1.58. The summed E-state index contributed by atoms with van der Waals surface area (Å²) in [6.07, 6.45) is 1.56. The Kier molecular flexibility index (Phi) is 10.4. The van der Waals surface area contributed by atoms with Gasteiger partial charge < -0.3 is 25.1 Å². The van der Waals surface area contributed by atoms with Crippen LogP contribution >= 0.6 is 24.0 Å². The molecule has 6 nitrogen and oxygen atoms in total. The highest BCUT2D eigenvalue weighted by Gasteiger charge is 2.26. The summed E-state index contributed by atoms with van der Waals surface area (Å²) in [6.45, 7) is 7.25. The van der Waals surface area contributed by atoms with Crippen molar-refractivity contribution in [1.29, 1.82) is 0 Å². The van der Waals surface area contributed by atoms with Crippen molar-refractivity contribution in [2.24, 2.45) is 4.99 Å². The third-order valence-electron chi connectivity index (χ3n) is 4.02. The summed E-state index contributed by atoms with van der Waals surface area (Å²) < 4.78 is 5.29. The van der Waals surface area contributed by atoms with E-state index in [2.05, 4.69) is 51.8 Å². The number of hydrogen-bond acceptors (Lipinski definition) is 4. The Morgan fingerprint density at radius 3 is 2.56 bits per heavy atom. The van der Waals surface area contributed by atoms with Crippen LogP contribution in [0.3, 0.4) is 0 Å². The number of benzene rings is 1. The first-order valence-electron chi connectivity index (χ1n) is 9.02. The van der Waals surface area contributed by atoms with E-state index in [1.54, 1.807) is 25.3 Å². The van der Waals surface area contributed by atoms with E-state index in [0.717, 1.165) is 26.2 Å². The zero-order valence-corrected chi connectivity index (χ0v) is 18.6. The third-order valence-corrected chi connectivity index (χ3v) is 4.02. The quantitative estimate of drug-likeness (QED) is 0.289. The first-order chi connectivity index (χ1) is 12.5. The summed E-state index contributed by atoms with van der Waals surface area (Å²) in [5, 5.41) is 17.0. The predicted octanol–water partition coefficient (Wildman–Crippen LogP) is 2.79. The fourth-order valence-corrected chi connectivity index (χ4v) is 2.58. The van der Waals surface area contributed by atoms with Gasteiger partial charge in [0.05, 0.1) is 12.8 Å². The molecule has 0 bridgehead atoms. The molecule has 7 heteroatoms. The van der Waals surface area contributed by atoms with E-state index >= 15 is 0 Å². The van der Waals surface area contributed by atoms with Crippen molar-refractivity contribution in [2.75, 3.05) is 33.2 Å². The molecule has 1 heterocycles.